The molecule has 0 bridgehead atoms. The molecule has 3 aromatic rings. The van der Waals surface area contributed by atoms with Crippen LogP contribution in [0.4, 0.5) is 0 Å². The summed E-state index contributed by atoms with van der Waals surface area (Å²) in [7, 11) is 2.14. The molecule has 1 fully saturated rings. The van der Waals surface area contributed by atoms with Crippen molar-refractivity contribution in [3.05, 3.63) is 88.3 Å². The van der Waals surface area contributed by atoms with Crippen molar-refractivity contribution in [3.8, 4) is 5.75 Å². The zero-order valence-electron chi connectivity index (χ0n) is 18.2. The van der Waals surface area contributed by atoms with Crippen molar-refractivity contribution in [2.45, 2.75) is 12.6 Å². The minimum absolute atomic E-state index is 0.111. The van der Waals surface area contributed by atoms with Gasteiger partial charge in [-0.15, -0.1) is 0 Å². The maximum absolute atomic E-state index is 13.0. The molecule has 1 saturated heterocycles. The van der Waals surface area contributed by atoms with E-state index in [0.717, 1.165) is 48.5 Å². The highest BCUT2D eigenvalue weighted by Crippen LogP contribution is 2.20. The Morgan fingerprint density at radius 3 is 2.47 bits per heavy atom. The smallest absolute Gasteiger partial charge is 0.287 e. The fourth-order valence-electron chi connectivity index (χ4n) is 3.70. The van der Waals surface area contributed by atoms with Crippen LogP contribution in [0.15, 0.2) is 75.6 Å². The number of rotatable bonds is 8. The Kier molecular flexibility index (Phi) is 7.63. The highest BCUT2D eigenvalue weighted by Gasteiger charge is 2.23. The maximum atomic E-state index is 13.0. The van der Waals surface area contributed by atoms with Gasteiger partial charge in [-0.25, -0.2) is 0 Å². The Labute approximate surface area is 197 Å². The van der Waals surface area contributed by atoms with E-state index in [-0.39, 0.29) is 18.6 Å². The summed E-state index contributed by atoms with van der Waals surface area (Å²) in [6.45, 7) is 5.09. The van der Waals surface area contributed by atoms with Crippen LogP contribution in [-0.2, 0) is 6.61 Å². The van der Waals surface area contributed by atoms with Gasteiger partial charge in [-0.1, -0.05) is 46.3 Å². The Bertz CT molecular complexity index is 999. The van der Waals surface area contributed by atoms with Gasteiger partial charge < -0.3 is 19.4 Å². The van der Waals surface area contributed by atoms with Crippen molar-refractivity contribution in [3.63, 3.8) is 0 Å². The fraction of sp³-hybridized carbons (Fsp3) is 0.320. The van der Waals surface area contributed by atoms with E-state index in [1.54, 1.807) is 12.1 Å². The zero-order valence-corrected chi connectivity index (χ0v) is 19.8. The third-order valence-electron chi connectivity index (χ3n) is 5.62. The van der Waals surface area contributed by atoms with Crippen molar-refractivity contribution < 1.29 is 13.9 Å². The molecule has 1 aliphatic rings. The van der Waals surface area contributed by atoms with Crippen molar-refractivity contribution in [1.82, 2.24) is 15.1 Å². The van der Waals surface area contributed by atoms with Crippen LogP contribution in [0.25, 0.3) is 0 Å². The number of ether oxygens (including phenoxy) is 1. The highest BCUT2D eigenvalue weighted by molar-refractivity contribution is 9.10. The van der Waals surface area contributed by atoms with Gasteiger partial charge in [-0.3, -0.25) is 9.69 Å². The molecule has 1 atom stereocenters. The first kappa shape index (κ1) is 22.6. The highest BCUT2D eigenvalue weighted by atomic mass is 79.9. The lowest BCUT2D eigenvalue weighted by Gasteiger charge is -2.34. The first-order chi connectivity index (χ1) is 15.6. The van der Waals surface area contributed by atoms with Crippen LogP contribution >= 0.6 is 15.9 Å². The van der Waals surface area contributed by atoms with Gasteiger partial charge in [-0.05, 0) is 49.0 Å². The van der Waals surface area contributed by atoms with Crippen LogP contribution < -0.4 is 10.1 Å². The quantitative estimate of drug-likeness (QED) is 0.501. The van der Waals surface area contributed by atoms with Gasteiger partial charge in [0.2, 0.25) is 0 Å². The number of nitrogens with zero attached hydrogens (tertiary/aromatic N) is 2. The predicted octanol–water partition coefficient (Wildman–Crippen LogP) is 4.34. The number of furan rings is 1. The van der Waals surface area contributed by atoms with E-state index in [1.165, 1.54) is 0 Å². The van der Waals surface area contributed by atoms with Gasteiger partial charge in [-0.2, -0.15) is 0 Å². The predicted molar refractivity (Wildman–Crippen MR) is 128 cm³/mol. The van der Waals surface area contributed by atoms with Gasteiger partial charge in [0.05, 0.1) is 6.04 Å². The van der Waals surface area contributed by atoms with Crippen LogP contribution in [0.3, 0.4) is 0 Å². The number of hydrogen-bond donors (Lipinski definition) is 1. The van der Waals surface area contributed by atoms with Crippen molar-refractivity contribution in [1.29, 1.82) is 0 Å². The second-order valence-electron chi connectivity index (χ2n) is 8.05. The Morgan fingerprint density at radius 1 is 1.03 bits per heavy atom. The van der Waals surface area contributed by atoms with Gasteiger partial charge in [0, 0.05) is 37.2 Å². The molecule has 1 unspecified atom stereocenters. The van der Waals surface area contributed by atoms with Crippen LogP contribution in [0.1, 0.15) is 27.9 Å². The van der Waals surface area contributed by atoms with E-state index in [9.17, 15) is 4.79 Å². The number of nitrogens with one attached hydrogen (secondary N) is 1. The zero-order chi connectivity index (χ0) is 22.3. The molecule has 7 heteroatoms. The van der Waals surface area contributed by atoms with E-state index >= 15 is 0 Å². The summed E-state index contributed by atoms with van der Waals surface area (Å²) >= 11 is 3.41. The molecule has 0 spiro atoms. The summed E-state index contributed by atoms with van der Waals surface area (Å²) in [6, 6.07) is 21.1. The molecule has 0 saturated carbocycles. The lowest BCUT2D eigenvalue weighted by molar-refractivity contribution is 0.0876. The van der Waals surface area contributed by atoms with Gasteiger partial charge in [0.15, 0.2) is 5.76 Å². The number of benzene rings is 2. The van der Waals surface area contributed by atoms with E-state index in [1.807, 2.05) is 42.5 Å². The van der Waals surface area contributed by atoms with Crippen molar-refractivity contribution >= 4 is 21.8 Å². The first-order valence-electron chi connectivity index (χ1n) is 10.8. The second kappa shape index (κ2) is 10.8. The molecule has 1 aliphatic heterocycles. The molecule has 168 valence electrons. The normalized spacial score (nSPS) is 15.9. The average Bonchev–Trinajstić information content (AvgIpc) is 3.29. The SMILES string of the molecule is CN1CCN(CC(NC(=O)c2ccc(COc3ccc(Br)cc3)o2)c2ccccc2)CC1. The molecule has 1 N–H and O–H groups in total. The number of likely N-dealkylation sites (N-methyl/N-ethyl adjacent to an activating group) is 1. The molecule has 0 aliphatic carbocycles. The third-order valence-corrected chi connectivity index (χ3v) is 6.15. The first-order valence-corrected chi connectivity index (χ1v) is 11.6. The second-order valence-corrected chi connectivity index (χ2v) is 8.96. The summed E-state index contributed by atoms with van der Waals surface area (Å²) in [4.78, 5) is 17.7. The minimum Gasteiger partial charge on any atom is -0.486 e. The number of halogens is 1. The van der Waals surface area contributed by atoms with Crippen LogP contribution in [0, 0.1) is 0 Å². The molecule has 1 amide bonds. The minimum atomic E-state index is -0.220. The largest absolute Gasteiger partial charge is 0.486 e. The van der Waals surface area contributed by atoms with Gasteiger partial charge >= 0.3 is 0 Å². The van der Waals surface area contributed by atoms with Crippen molar-refractivity contribution in [2.24, 2.45) is 0 Å². The van der Waals surface area contributed by atoms with Crippen molar-refractivity contribution in [2.75, 3.05) is 39.8 Å². The molecular formula is C25H28BrN3O3. The summed E-state index contributed by atoms with van der Waals surface area (Å²) in [5.74, 6) is 1.42. The summed E-state index contributed by atoms with van der Waals surface area (Å²) < 4.78 is 12.5. The van der Waals surface area contributed by atoms with Crippen LogP contribution in [-0.4, -0.2) is 55.5 Å². The van der Waals surface area contributed by atoms with Crippen LogP contribution in [0.2, 0.25) is 0 Å². The van der Waals surface area contributed by atoms with Gasteiger partial charge in [0.1, 0.15) is 18.1 Å². The number of amides is 1. The molecule has 2 heterocycles. The van der Waals surface area contributed by atoms with E-state index in [4.69, 9.17) is 9.15 Å². The molecule has 32 heavy (non-hydrogen) atoms. The van der Waals surface area contributed by atoms with E-state index in [0.29, 0.717) is 11.5 Å². The summed E-state index contributed by atoms with van der Waals surface area (Å²) in [5.41, 5.74) is 1.09. The van der Waals surface area contributed by atoms with Gasteiger partial charge in [0.25, 0.3) is 5.91 Å². The monoisotopic (exact) mass is 497 g/mol. The molecule has 6 nitrogen and oxygen atoms in total. The Hall–Kier alpha value is -2.61. The molecule has 1 aromatic heterocycles. The van der Waals surface area contributed by atoms with E-state index < -0.39 is 0 Å². The lowest BCUT2D eigenvalue weighted by atomic mass is 10.1. The molecule has 0 radical (unpaired) electrons. The standard InChI is InChI=1S/C25H28BrN3O3/c1-28-13-15-29(16-14-28)17-23(19-5-3-2-4-6-19)27-25(30)24-12-11-22(32-24)18-31-21-9-7-20(26)8-10-21/h2-12,23H,13-18H2,1H3,(H,27,30). The maximum Gasteiger partial charge on any atom is 0.287 e. The number of piperazine rings is 1. The Morgan fingerprint density at radius 2 is 1.75 bits per heavy atom. The number of carbonyl (C=O) groups excluding carboxylic acids is 1. The molecule has 2 aromatic carbocycles. The molecule has 4 rings (SSSR count). The topological polar surface area (TPSA) is 58.0 Å². The fourth-order valence-corrected chi connectivity index (χ4v) is 3.96. The summed E-state index contributed by atoms with van der Waals surface area (Å²) in [5, 5.41) is 3.17. The Balaban J connectivity index is 1.38. The van der Waals surface area contributed by atoms with Crippen LogP contribution in [0.5, 0.6) is 5.75 Å². The summed E-state index contributed by atoms with van der Waals surface area (Å²) in [6.07, 6.45) is 0. The van der Waals surface area contributed by atoms with E-state index in [2.05, 4.69) is 50.2 Å². The third kappa shape index (κ3) is 6.22. The number of carbonyl (C=O) groups is 1. The lowest BCUT2D eigenvalue weighted by Crippen LogP contribution is -2.47. The average molecular weight is 498 g/mol. The molecular weight excluding hydrogens is 470 g/mol. The number of hydrogen-bond acceptors (Lipinski definition) is 5.